The van der Waals surface area contributed by atoms with E-state index in [0.717, 1.165) is 31.1 Å². The summed E-state index contributed by atoms with van der Waals surface area (Å²) in [4.78, 5) is 26.4. The molecular formula is C22H17ClIN3O2. The van der Waals surface area contributed by atoms with E-state index in [1.807, 2.05) is 38.1 Å². The van der Waals surface area contributed by atoms with E-state index >= 15 is 0 Å². The van der Waals surface area contributed by atoms with Crippen molar-refractivity contribution in [3.8, 4) is 5.69 Å². The molecule has 2 aromatic carbocycles. The van der Waals surface area contributed by atoms with Gasteiger partial charge in [-0.2, -0.15) is 0 Å². The van der Waals surface area contributed by atoms with Crippen LogP contribution in [0.5, 0.6) is 0 Å². The molecule has 1 fully saturated rings. The number of nitrogens with zero attached hydrogens (tertiary/aromatic N) is 2. The molecule has 5 nitrogen and oxygen atoms in total. The Morgan fingerprint density at radius 3 is 2.45 bits per heavy atom. The Balaban J connectivity index is 1.71. The average Bonchev–Trinajstić information content (AvgIpc) is 3.10. The molecule has 1 saturated heterocycles. The van der Waals surface area contributed by atoms with Gasteiger partial charge in [-0.3, -0.25) is 4.79 Å². The number of nitrogens with one attached hydrogen (secondary N) is 1. The van der Waals surface area contributed by atoms with Gasteiger partial charge in [-0.1, -0.05) is 23.7 Å². The van der Waals surface area contributed by atoms with Crippen molar-refractivity contribution in [1.29, 1.82) is 0 Å². The monoisotopic (exact) mass is 517 g/mol. The van der Waals surface area contributed by atoms with E-state index in [1.165, 1.54) is 0 Å². The quantitative estimate of drug-likeness (QED) is 0.285. The zero-order chi connectivity index (χ0) is 20.7. The third-order valence-corrected chi connectivity index (χ3v) is 5.69. The van der Waals surface area contributed by atoms with Gasteiger partial charge in [-0.25, -0.2) is 9.69 Å². The summed E-state index contributed by atoms with van der Waals surface area (Å²) in [6.07, 6.45) is 1.72. The number of carbonyl (C=O) groups is 2. The van der Waals surface area contributed by atoms with Crippen LogP contribution in [0.2, 0.25) is 5.02 Å². The zero-order valence-electron chi connectivity index (χ0n) is 15.7. The second-order valence-electron chi connectivity index (χ2n) is 6.75. The highest BCUT2D eigenvalue weighted by Crippen LogP contribution is 2.27. The maximum atomic E-state index is 12.9. The number of benzene rings is 2. The lowest BCUT2D eigenvalue weighted by Gasteiger charge is -2.11. The third kappa shape index (κ3) is 3.70. The van der Waals surface area contributed by atoms with E-state index in [0.29, 0.717) is 10.7 Å². The summed E-state index contributed by atoms with van der Waals surface area (Å²) < 4.78 is 3.27. The molecular weight excluding hydrogens is 501 g/mol. The Kier molecular flexibility index (Phi) is 5.23. The smallest absolute Gasteiger partial charge is 0.318 e. The standard InChI is InChI=1S/C22H17ClIN3O2/c1-13-9-15(14(2)26(13)19-8-4-6-17(24)12-19)10-20-21(28)27(22(29)25-20)18-7-3-5-16(23)11-18/h3-12H,1-2H3,(H,25,29)/b20-10+. The Morgan fingerprint density at radius 2 is 1.72 bits per heavy atom. The predicted octanol–water partition coefficient (Wildman–Crippen LogP) is 5.45. The van der Waals surface area contributed by atoms with Crippen LogP contribution in [0.15, 0.2) is 60.3 Å². The number of amides is 3. The van der Waals surface area contributed by atoms with Gasteiger partial charge in [0.2, 0.25) is 0 Å². The van der Waals surface area contributed by atoms with Crippen molar-refractivity contribution in [3.05, 3.63) is 85.8 Å². The SMILES string of the molecule is Cc1cc(/C=C2/NC(=O)N(c3cccc(Cl)c3)C2=O)c(C)n1-c1cccc(I)c1. The number of imide groups is 1. The average molecular weight is 518 g/mol. The lowest BCUT2D eigenvalue weighted by Crippen LogP contribution is -2.30. The molecule has 29 heavy (non-hydrogen) atoms. The first-order valence-corrected chi connectivity index (χ1v) is 10.4. The van der Waals surface area contributed by atoms with Crippen molar-refractivity contribution in [1.82, 2.24) is 9.88 Å². The largest absolute Gasteiger partial charge is 0.333 e. The predicted molar refractivity (Wildman–Crippen MR) is 123 cm³/mol. The first-order valence-electron chi connectivity index (χ1n) is 8.93. The summed E-state index contributed by atoms with van der Waals surface area (Å²) >= 11 is 8.29. The second kappa shape index (κ2) is 7.68. The number of hydrogen-bond acceptors (Lipinski definition) is 2. The van der Waals surface area contributed by atoms with Crippen LogP contribution in [0.3, 0.4) is 0 Å². The van der Waals surface area contributed by atoms with Crippen LogP contribution in [0.1, 0.15) is 17.0 Å². The first kappa shape index (κ1) is 19.7. The summed E-state index contributed by atoms with van der Waals surface area (Å²) in [5.74, 6) is -0.406. The van der Waals surface area contributed by atoms with Gasteiger partial charge in [0, 0.05) is 25.7 Å². The Labute approximate surface area is 187 Å². The van der Waals surface area contributed by atoms with Crippen LogP contribution < -0.4 is 10.2 Å². The van der Waals surface area contributed by atoms with Crippen LogP contribution in [-0.4, -0.2) is 16.5 Å². The van der Waals surface area contributed by atoms with Crippen molar-refractivity contribution >= 4 is 57.9 Å². The molecule has 2 heterocycles. The molecule has 0 unspecified atom stereocenters. The molecule has 4 rings (SSSR count). The van der Waals surface area contributed by atoms with Crippen LogP contribution in [-0.2, 0) is 4.79 Å². The zero-order valence-corrected chi connectivity index (χ0v) is 18.7. The Bertz CT molecular complexity index is 1180. The number of carbonyl (C=O) groups excluding carboxylic acids is 2. The summed E-state index contributed by atoms with van der Waals surface area (Å²) in [6.45, 7) is 4.01. The fraction of sp³-hybridized carbons (Fsp3) is 0.0909. The molecule has 3 aromatic rings. The Hall–Kier alpha value is -2.58. The molecule has 146 valence electrons. The minimum atomic E-state index is -0.491. The topological polar surface area (TPSA) is 54.3 Å². The summed E-state index contributed by atoms with van der Waals surface area (Å²) in [6, 6.07) is 16.4. The summed E-state index contributed by atoms with van der Waals surface area (Å²) in [5, 5.41) is 3.13. The fourth-order valence-electron chi connectivity index (χ4n) is 3.49. The lowest BCUT2D eigenvalue weighted by molar-refractivity contribution is -0.113. The minimum Gasteiger partial charge on any atom is -0.318 e. The maximum absolute atomic E-state index is 12.9. The number of hydrogen-bond donors (Lipinski definition) is 1. The van der Waals surface area contributed by atoms with E-state index in [1.54, 1.807) is 30.3 Å². The number of aromatic nitrogens is 1. The highest BCUT2D eigenvalue weighted by atomic mass is 127. The van der Waals surface area contributed by atoms with Gasteiger partial charge in [0.25, 0.3) is 5.91 Å². The summed E-state index contributed by atoms with van der Waals surface area (Å²) in [5.41, 5.74) is 4.63. The maximum Gasteiger partial charge on any atom is 0.333 e. The highest BCUT2D eigenvalue weighted by molar-refractivity contribution is 14.1. The molecule has 0 bridgehead atoms. The van der Waals surface area contributed by atoms with Gasteiger partial charge in [0.05, 0.1) is 5.69 Å². The van der Waals surface area contributed by atoms with E-state index in [-0.39, 0.29) is 5.70 Å². The molecule has 0 spiro atoms. The van der Waals surface area contributed by atoms with E-state index in [9.17, 15) is 9.59 Å². The van der Waals surface area contributed by atoms with Crippen molar-refractivity contribution in [2.24, 2.45) is 0 Å². The van der Waals surface area contributed by atoms with Gasteiger partial charge in [-0.05, 0) is 90.5 Å². The fourth-order valence-corrected chi connectivity index (χ4v) is 4.20. The minimum absolute atomic E-state index is 0.234. The van der Waals surface area contributed by atoms with E-state index in [4.69, 9.17) is 11.6 Å². The molecule has 0 saturated carbocycles. The van der Waals surface area contributed by atoms with E-state index in [2.05, 4.69) is 38.5 Å². The van der Waals surface area contributed by atoms with Crippen LogP contribution in [0.4, 0.5) is 10.5 Å². The van der Waals surface area contributed by atoms with Gasteiger partial charge < -0.3 is 9.88 Å². The number of aryl methyl sites for hydroxylation is 1. The molecule has 1 aliphatic rings. The van der Waals surface area contributed by atoms with Gasteiger partial charge in [0.1, 0.15) is 5.70 Å². The molecule has 0 aliphatic carbocycles. The number of anilines is 1. The van der Waals surface area contributed by atoms with Crippen molar-refractivity contribution in [3.63, 3.8) is 0 Å². The number of urea groups is 1. The highest BCUT2D eigenvalue weighted by Gasteiger charge is 2.35. The van der Waals surface area contributed by atoms with Crippen molar-refractivity contribution in [2.45, 2.75) is 13.8 Å². The van der Waals surface area contributed by atoms with Gasteiger partial charge in [-0.15, -0.1) is 0 Å². The molecule has 3 amide bonds. The Morgan fingerprint density at radius 1 is 1.00 bits per heavy atom. The normalized spacial score (nSPS) is 15.3. The van der Waals surface area contributed by atoms with Crippen molar-refractivity contribution in [2.75, 3.05) is 4.90 Å². The number of rotatable bonds is 3. The molecule has 0 atom stereocenters. The van der Waals surface area contributed by atoms with Crippen LogP contribution >= 0.6 is 34.2 Å². The van der Waals surface area contributed by atoms with E-state index < -0.39 is 11.9 Å². The molecule has 1 N–H and O–H groups in total. The van der Waals surface area contributed by atoms with Gasteiger partial charge >= 0.3 is 6.03 Å². The molecule has 1 aliphatic heterocycles. The lowest BCUT2D eigenvalue weighted by atomic mass is 10.2. The molecule has 0 radical (unpaired) electrons. The molecule has 1 aromatic heterocycles. The summed E-state index contributed by atoms with van der Waals surface area (Å²) in [7, 11) is 0. The first-order chi connectivity index (χ1) is 13.8. The van der Waals surface area contributed by atoms with Crippen LogP contribution in [0, 0.1) is 17.4 Å². The second-order valence-corrected chi connectivity index (χ2v) is 8.43. The van der Waals surface area contributed by atoms with Gasteiger partial charge in [0.15, 0.2) is 0 Å². The number of halogens is 2. The van der Waals surface area contributed by atoms with Crippen molar-refractivity contribution < 1.29 is 9.59 Å². The molecule has 7 heteroatoms. The van der Waals surface area contributed by atoms with Crippen LogP contribution in [0.25, 0.3) is 11.8 Å². The third-order valence-electron chi connectivity index (χ3n) is 4.78.